The Morgan fingerprint density at radius 2 is 0.931 bits per heavy atom. The van der Waals surface area contributed by atoms with E-state index in [1.807, 2.05) is 24.3 Å². The lowest BCUT2D eigenvalue weighted by Crippen LogP contribution is -2.11. The smallest absolute Gasteiger partial charge is 0.233 e. The van der Waals surface area contributed by atoms with Crippen LogP contribution in [0.2, 0.25) is 0 Å². The zero-order valence-corrected chi connectivity index (χ0v) is 18.0. The second-order valence-electron chi connectivity index (χ2n) is 9.25. The van der Waals surface area contributed by atoms with E-state index in [0.717, 1.165) is 11.4 Å². The number of hydrogen-bond acceptors (Lipinski definition) is 6. The molecule has 152 valence electrons. The minimum Gasteiger partial charge on any atom is -0.368 e. The molecule has 0 saturated heterocycles. The summed E-state index contributed by atoms with van der Waals surface area (Å²) in [6.45, 7) is 13.1. The number of anilines is 5. The van der Waals surface area contributed by atoms with Crippen molar-refractivity contribution in [1.82, 2.24) is 15.0 Å². The van der Waals surface area contributed by atoms with E-state index in [1.165, 1.54) is 11.1 Å². The molecule has 0 unspecified atom stereocenters. The molecule has 0 aliphatic heterocycles. The summed E-state index contributed by atoms with van der Waals surface area (Å²) < 4.78 is 0. The SMILES string of the molecule is CC(C)(C)c1ccc(Nc2nc(N)nc(Nc3ccc(C(C)(C)C)cc3)n2)cc1. The van der Waals surface area contributed by atoms with Crippen LogP contribution in [-0.2, 0) is 10.8 Å². The van der Waals surface area contributed by atoms with Crippen molar-refractivity contribution >= 4 is 29.2 Å². The second-order valence-corrected chi connectivity index (χ2v) is 9.25. The first kappa shape index (κ1) is 20.6. The second kappa shape index (κ2) is 7.70. The summed E-state index contributed by atoms with van der Waals surface area (Å²) >= 11 is 0. The van der Waals surface area contributed by atoms with Gasteiger partial charge in [-0.05, 0) is 46.2 Å². The number of nitrogens with two attached hydrogens (primary N) is 1. The van der Waals surface area contributed by atoms with Gasteiger partial charge in [0.15, 0.2) is 0 Å². The summed E-state index contributed by atoms with van der Waals surface area (Å²) in [6, 6.07) is 16.5. The van der Waals surface area contributed by atoms with Gasteiger partial charge in [0.2, 0.25) is 17.8 Å². The maximum Gasteiger partial charge on any atom is 0.233 e. The van der Waals surface area contributed by atoms with Crippen LogP contribution in [0.15, 0.2) is 48.5 Å². The molecule has 0 fully saturated rings. The Kier molecular flexibility index (Phi) is 5.46. The summed E-state index contributed by atoms with van der Waals surface area (Å²) in [5.41, 5.74) is 10.4. The molecule has 3 rings (SSSR count). The van der Waals surface area contributed by atoms with E-state index >= 15 is 0 Å². The van der Waals surface area contributed by atoms with Crippen molar-refractivity contribution < 1.29 is 0 Å². The Hall–Kier alpha value is -3.15. The molecule has 0 radical (unpaired) electrons. The third-order valence-electron chi connectivity index (χ3n) is 4.67. The van der Waals surface area contributed by atoms with Crippen LogP contribution in [0.3, 0.4) is 0 Å². The maximum absolute atomic E-state index is 5.89. The molecule has 0 spiro atoms. The van der Waals surface area contributed by atoms with E-state index in [2.05, 4.69) is 91.4 Å². The third-order valence-corrected chi connectivity index (χ3v) is 4.67. The summed E-state index contributed by atoms with van der Waals surface area (Å²) in [4.78, 5) is 12.8. The van der Waals surface area contributed by atoms with Crippen LogP contribution < -0.4 is 16.4 Å². The fourth-order valence-electron chi connectivity index (χ4n) is 2.87. The minimum absolute atomic E-state index is 0.107. The molecule has 0 atom stereocenters. The topological polar surface area (TPSA) is 88.8 Å². The fraction of sp³-hybridized carbons (Fsp3) is 0.348. The van der Waals surface area contributed by atoms with Crippen molar-refractivity contribution in [2.75, 3.05) is 16.4 Å². The first-order valence-corrected chi connectivity index (χ1v) is 9.77. The molecular formula is C23H30N6. The lowest BCUT2D eigenvalue weighted by Gasteiger charge is -2.19. The highest BCUT2D eigenvalue weighted by Crippen LogP contribution is 2.26. The molecule has 2 aromatic carbocycles. The van der Waals surface area contributed by atoms with Crippen molar-refractivity contribution in [2.24, 2.45) is 0 Å². The highest BCUT2D eigenvalue weighted by Gasteiger charge is 2.14. The molecule has 6 heteroatoms. The normalized spacial score (nSPS) is 11.9. The highest BCUT2D eigenvalue weighted by atomic mass is 15.2. The van der Waals surface area contributed by atoms with Gasteiger partial charge in [0.1, 0.15) is 0 Å². The van der Waals surface area contributed by atoms with Gasteiger partial charge in [-0.2, -0.15) is 15.0 Å². The summed E-state index contributed by atoms with van der Waals surface area (Å²) in [7, 11) is 0. The van der Waals surface area contributed by atoms with E-state index in [9.17, 15) is 0 Å². The number of benzene rings is 2. The molecule has 3 aromatic rings. The van der Waals surface area contributed by atoms with E-state index < -0.39 is 0 Å². The molecule has 0 saturated carbocycles. The lowest BCUT2D eigenvalue weighted by molar-refractivity contribution is 0.590. The van der Waals surface area contributed by atoms with E-state index in [0.29, 0.717) is 11.9 Å². The van der Waals surface area contributed by atoms with Crippen LogP contribution in [-0.4, -0.2) is 15.0 Å². The summed E-state index contributed by atoms with van der Waals surface area (Å²) in [5.74, 6) is 0.951. The number of nitrogens with one attached hydrogen (secondary N) is 2. The average molecular weight is 391 g/mol. The van der Waals surface area contributed by atoms with Gasteiger partial charge in [-0.15, -0.1) is 0 Å². The van der Waals surface area contributed by atoms with Gasteiger partial charge in [0.05, 0.1) is 0 Å². The van der Waals surface area contributed by atoms with E-state index in [1.54, 1.807) is 0 Å². The Bertz CT molecular complexity index is 886. The quantitative estimate of drug-likeness (QED) is 0.542. The van der Waals surface area contributed by atoms with E-state index in [-0.39, 0.29) is 16.8 Å². The zero-order chi connectivity index (χ0) is 21.2. The van der Waals surface area contributed by atoms with Crippen molar-refractivity contribution in [3.8, 4) is 0 Å². The number of aromatic nitrogens is 3. The Morgan fingerprint density at radius 3 is 1.24 bits per heavy atom. The molecule has 0 aliphatic carbocycles. The van der Waals surface area contributed by atoms with Crippen LogP contribution >= 0.6 is 0 Å². The number of rotatable bonds is 4. The summed E-state index contributed by atoms with van der Waals surface area (Å²) in [5, 5.41) is 6.39. The predicted molar refractivity (Wildman–Crippen MR) is 121 cm³/mol. The first-order chi connectivity index (χ1) is 13.5. The first-order valence-electron chi connectivity index (χ1n) is 9.77. The van der Waals surface area contributed by atoms with Crippen LogP contribution in [0.4, 0.5) is 29.2 Å². The van der Waals surface area contributed by atoms with Crippen LogP contribution in [0.1, 0.15) is 52.7 Å². The highest BCUT2D eigenvalue weighted by molar-refractivity contribution is 5.59. The van der Waals surface area contributed by atoms with Gasteiger partial charge in [0.25, 0.3) is 0 Å². The van der Waals surface area contributed by atoms with Crippen molar-refractivity contribution in [3.63, 3.8) is 0 Å². The van der Waals surface area contributed by atoms with Gasteiger partial charge < -0.3 is 16.4 Å². The van der Waals surface area contributed by atoms with E-state index in [4.69, 9.17) is 5.73 Å². The molecule has 1 heterocycles. The van der Waals surface area contributed by atoms with Gasteiger partial charge in [-0.3, -0.25) is 0 Å². The van der Waals surface area contributed by atoms with Gasteiger partial charge >= 0.3 is 0 Å². The van der Waals surface area contributed by atoms with Gasteiger partial charge in [-0.25, -0.2) is 0 Å². The number of nitrogens with zero attached hydrogens (tertiary/aromatic N) is 3. The summed E-state index contributed by atoms with van der Waals surface area (Å²) in [6.07, 6.45) is 0. The molecule has 1 aromatic heterocycles. The molecule has 0 aliphatic rings. The van der Waals surface area contributed by atoms with Crippen molar-refractivity contribution in [2.45, 2.75) is 52.4 Å². The molecule has 0 amide bonds. The van der Waals surface area contributed by atoms with Crippen LogP contribution in [0.5, 0.6) is 0 Å². The Morgan fingerprint density at radius 1 is 0.586 bits per heavy atom. The molecule has 0 bridgehead atoms. The van der Waals surface area contributed by atoms with Gasteiger partial charge in [0, 0.05) is 11.4 Å². The average Bonchev–Trinajstić information content (AvgIpc) is 2.60. The Labute approximate surface area is 173 Å². The zero-order valence-electron chi connectivity index (χ0n) is 18.0. The van der Waals surface area contributed by atoms with Crippen LogP contribution in [0, 0.1) is 0 Å². The Balaban J connectivity index is 1.76. The maximum atomic E-state index is 5.89. The predicted octanol–water partition coefficient (Wildman–Crippen LogP) is 5.54. The monoisotopic (exact) mass is 390 g/mol. The molecule has 29 heavy (non-hydrogen) atoms. The largest absolute Gasteiger partial charge is 0.368 e. The molecule has 6 nitrogen and oxygen atoms in total. The van der Waals surface area contributed by atoms with Crippen molar-refractivity contribution in [3.05, 3.63) is 59.7 Å². The number of nitrogen functional groups attached to an aromatic ring is 1. The lowest BCUT2D eigenvalue weighted by atomic mass is 9.87. The third kappa shape index (κ3) is 5.44. The molecular weight excluding hydrogens is 360 g/mol. The minimum atomic E-state index is 0.107. The fourth-order valence-corrected chi connectivity index (χ4v) is 2.87. The van der Waals surface area contributed by atoms with Gasteiger partial charge in [-0.1, -0.05) is 65.8 Å². The number of hydrogen-bond donors (Lipinski definition) is 3. The standard InChI is InChI=1S/C23H30N6/c1-22(2,3)15-7-11-17(12-8-15)25-20-27-19(24)28-21(29-20)26-18-13-9-16(10-14-18)23(4,5)6/h7-14H,1-6H3,(H4,24,25,26,27,28,29). The van der Waals surface area contributed by atoms with Crippen LogP contribution in [0.25, 0.3) is 0 Å². The molecule has 4 N–H and O–H groups in total. The van der Waals surface area contributed by atoms with Crippen molar-refractivity contribution in [1.29, 1.82) is 0 Å².